The molecule has 76 valence electrons. The molecule has 2 heteroatoms. The molecule has 1 aliphatic heterocycles. The first-order valence-corrected chi connectivity index (χ1v) is 5.12. The minimum atomic E-state index is -0.209. The topological polar surface area (TPSA) is 29.5 Å². The lowest BCUT2D eigenvalue weighted by Gasteiger charge is -2.14. The molecule has 1 fully saturated rings. The Bertz CT molecular complexity index is 159. The lowest BCUT2D eigenvalue weighted by Crippen LogP contribution is -2.16. The summed E-state index contributed by atoms with van der Waals surface area (Å²) in [6.45, 7) is 6.69. The van der Waals surface area contributed by atoms with Crippen LogP contribution in [0.3, 0.4) is 0 Å². The van der Waals surface area contributed by atoms with Crippen LogP contribution in [0.2, 0.25) is 0 Å². The number of aliphatic hydroxyl groups excluding tert-OH is 1. The second-order valence-electron chi connectivity index (χ2n) is 4.02. The second kappa shape index (κ2) is 5.40. The third-order valence-corrected chi connectivity index (χ3v) is 2.46. The Kier molecular flexibility index (Phi) is 4.46. The van der Waals surface area contributed by atoms with Crippen molar-refractivity contribution in [2.75, 3.05) is 6.61 Å². The standard InChI is InChI=1S/C11H20O2/c1-9(2)5-6-10(12)8-11-4-3-7-13-11/h10-12H,1,3-8H2,2H3. The third kappa shape index (κ3) is 4.44. The summed E-state index contributed by atoms with van der Waals surface area (Å²) in [6, 6.07) is 0. The van der Waals surface area contributed by atoms with E-state index in [1.165, 1.54) is 0 Å². The molecule has 0 aromatic carbocycles. The fraction of sp³-hybridized carbons (Fsp3) is 0.818. The number of ether oxygens (including phenoxy) is 1. The fourth-order valence-electron chi connectivity index (χ4n) is 1.66. The van der Waals surface area contributed by atoms with E-state index in [-0.39, 0.29) is 6.10 Å². The van der Waals surface area contributed by atoms with Crippen LogP contribution in [-0.4, -0.2) is 23.9 Å². The van der Waals surface area contributed by atoms with Crippen molar-refractivity contribution in [2.45, 2.75) is 51.2 Å². The predicted octanol–water partition coefficient (Wildman–Crippen LogP) is 2.27. The van der Waals surface area contributed by atoms with Gasteiger partial charge in [0, 0.05) is 6.61 Å². The molecule has 2 nitrogen and oxygen atoms in total. The van der Waals surface area contributed by atoms with Crippen LogP contribution < -0.4 is 0 Å². The minimum absolute atomic E-state index is 0.209. The monoisotopic (exact) mass is 184 g/mol. The van der Waals surface area contributed by atoms with Crippen LogP contribution in [-0.2, 0) is 4.74 Å². The van der Waals surface area contributed by atoms with Crippen LogP contribution in [0.4, 0.5) is 0 Å². The molecule has 1 N–H and O–H groups in total. The quantitative estimate of drug-likeness (QED) is 0.664. The van der Waals surface area contributed by atoms with Crippen LogP contribution in [0, 0.1) is 0 Å². The molecule has 0 radical (unpaired) electrons. The van der Waals surface area contributed by atoms with Gasteiger partial charge in [0.2, 0.25) is 0 Å². The van der Waals surface area contributed by atoms with Gasteiger partial charge in [-0.15, -0.1) is 6.58 Å². The molecule has 2 unspecified atom stereocenters. The zero-order chi connectivity index (χ0) is 9.68. The van der Waals surface area contributed by atoms with Crippen LogP contribution in [0.15, 0.2) is 12.2 Å². The Balaban J connectivity index is 2.09. The highest BCUT2D eigenvalue weighted by Crippen LogP contribution is 2.19. The summed E-state index contributed by atoms with van der Waals surface area (Å²) in [4.78, 5) is 0. The molecule has 0 aromatic rings. The van der Waals surface area contributed by atoms with E-state index in [0.717, 1.165) is 44.3 Å². The average Bonchev–Trinajstić information content (AvgIpc) is 2.53. The zero-order valence-corrected chi connectivity index (χ0v) is 8.46. The Morgan fingerprint density at radius 3 is 3.00 bits per heavy atom. The van der Waals surface area contributed by atoms with Gasteiger partial charge in [0.25, 0.3) is 0 Å². The third-order valence-electron chi connectivity index (χ3n) is 2.46. The van der Waals surface area contributed by atoms with E-state index in [9.17, 15) is 5.11 Å². The largest absolute Gasteiger partial charge is 0.393 e. The number of allylic oxidation sites excluding steroid dienone is 1. The van der Waals surface area contributed by atoms with Gasteiger partial charge in [-0.1, -0.05) is 5.57 Å². The molecule has 0 aliphatic carbocycles. The molecule has 0 spiro atoms. The molecule has 1 saturated heterocycles. The van der Waals surface area contributed by atoms with Crippen molar-refractivity contribution in [1.29, 1.82) is 0 Å². The molecule has 1 aliphatic rings. The van der Waals surface area contributed by atoms with Gasteiger partial charge in [-0.05, 0) is 39.0 Å². The summed E-state index contributed by atoms with van der Waals surface area (Å²) in [5, 5.41) is 9.64. The summed E-state index contributed by atoms with van der Waals surface area (Å²) in [5.74, 6) is 0. The summed E-state index contributed by atoms with van der Waals surface area (Å²) in [5.41, 5.74) is 1.14. The Hall–Kier alpha value is -0.340. The Labute approximate surface area is 80.6 Å². The maximum absolute atomic E-state index is 9.64. The highest BCUT2D eigenvalue weighted by molar-refractivity contribution is 4.88. The van der Waals surface area contributed by atoms with Crippen LogP contribution in [0.25, 0.3) is 0 Å². The zero-order valence-electron chi connectivity index (χ0n) is 8.46. The first-order chi connectivity index (χ1) is 6.18. The molecular formula is C11H20O2. The number of hydrogen-bond acceptors (Lipinski definition) is 2. The van der Waals surface area contributed by atoms with Crippen molar-refractivity contribution in [1.82, 2.24) is 0 Å². The first kappa shape index (κ1) is 10.7. The average molecular weight is 184 g/mol. The van der Waals surface area contributed by atoms with Crippen molar-refractivity contribution in [2.24, 2.45) is 0 Å². The predicted molar refractivity (Wildman–Crippen MR) is 53.6 cm³/mol. The van der Waals surface area contributed by atoms with E-state index >= 15 is 0 Å². The maximum atomic E-state index is 9.64. The fourth-order valence-corrected chi connectivity index (χ4v) is 1.66. The summed E-state index contributed by atoms with van der Waals surface area (Å²) in [7, 11) is 0. The summed E-state index contributed by atoms with van der Waals surface area (Å²) < 4.78 is 5.45. The van der Waals surface area contributed by atoms with Crippen LogP contribution >= 0.6 is 0 Å². The van der Waals surface area contributed by atoms with Crippen molar-refractivity contribution in [3.05, 3.63) is 12.2 Å². The van der Waals surface area contributed by atoms with E-state index < -0.39 is 0 Å². The van der Waals surface area contributed by atoms with E-state index in [1.807, 2.05) is 6.92 Å². The van der Waals surface area contributed by atoms with Gasteiger partial charge in [-0.2, -0.15) is 0 Å². The molecule has 0 amide bonds. The lowest BCUT2D eigenvalue weighted by molar-refractivity contribution is 0.0508. The summed E-state index contributed by atoms with van der Waals surface area (Å²) >= 11 is 0. The molecule has 0 aromatic heterocycles. The molecule has 2 atom stereocenters. The first-order valence-electron chi connectivity index (χ1n) is 5.12. The van der Waals surface area contributed by atoms with Crippen molar-refractivity contribution in [3.8, 4) is 0 Å². The number of aliphatic hydroxyl groups is 1. The van der Waals surface area contributed by atoms with Gasteiger partial charge in [-0.3, -0.25) is 0 Å². The van der Waals surface area contributed by atoms with Crippen LogP contribution in [0.5, 0.6) is 0 Å². The minimum Gasteiger partial charge on any atom is -0.393 e. The van der Waals surface area contributed by atoms with Gasteiger partial charge >= 0.3 is 0 Å². The second-order valence-corrected chi connectivity index (χ2v) is 4.02. The van der Waals surface area contributed by atoms with E-state index in [2.05, 4.69) is 6.58 Å². The Morgan fingerprint density at radius 2 is 2.46 bits per heavy atom. The van der Waals surface area contributed by atoms with Crippen molar-refractivity contribution in [3.63, 3.8) is 0 Å². The van der Waals surface area contributed by atoms with Gasteiger partial charge in [0.05, 0.1) is 12.2 Å². The molecule has 1 heterocycles. The maximum Gasteiger partial charge on any atom is 0.0600 e. The van der Waals surface area contributed by atoms with Crippen LogP contribution in [0.1, 0.15) is 39.0 Å². The van der Waals surface area contributed by atoms with Crippen molar-refractivity contribution >= 4 is 0 Å². The highest BCUT2D eigenvalue weighted by Gasteiger charge is 2.18. The highest BCUT2D eigenvalue weighted by atomic mass is 16.5. The summed E-state index contributed by atoms with van der Waals surface area (Å²) in [6.07, 6.45) is 4.91. The molecule has 1 rings (SSSR count). The molecule has 13 heavy (non-hydrogen) atoms. The normalized spacial score (nSPS) is 24.6. The molecular weight excluding hydrogens is 164 g/mol. The lowest BCUT2D eigenvalue weighted by atomic mass is 10.0. The van der Waals surface area contributed by atoms with Gasteiger partial charge in [0.1, 0.15) is 0 Å². The van der Waals surface area contributed by atoms with Crippen molar-refractivity contribution < 1.29 is 9.84 Å². The van der Waals surface area contributed by atoms with E-state index in [4.69, 9.17) is 4.74 Å². The Morgan fingerprint density at radius 1 is 1.69 bits per heavy atom. The van der Waals surface area contributed by atoms with E-state index in [1.54, 1.807) is 0 Å². The van der Waals surface area contributed by atoms with Gasteiger partial charge in [0.15, 0.2) is 0 Å². The van der Waals surface area contributed by atoms with Gasteiger partial charge < -0.3 is 9.84 Å². The van der Waals surface area contributed by atoms with E-state index in [0.29, 0.717) is 6.10 Å². The molecule has 0 saturated carbocycles. The number of rotatable bonds is 5. The smallest absolute Gasteiger partial charge is 0.0600 e. The molecule has 0 bridgehead atoms. The van der Waals surface area contributed by atoms with Gasteiger partial charge in [-0.25, -0.2) is 0 Å². The number of hydrogen-bond donors (Lipinski definition) is 1. The SMILES string of the molecule is C=C(C)CCC(O)CC1CCCO1.